The molecule has 0 spiro atoms. The fourth-order valence-electron chi connectivity index (χ4n) is 3.27. The molecule has 0 aliphatic rings. The Morgan fingerprint density at radius 3 is 1.87 bits per heavy atom. The van der Waals surface area contributed by atoms with E-state index in [1.165, 1.54) is 0 Å². The molecule has 0 heterocycles. The van der Waals surface area contributed by atoms with Crippen molar-refractivity contribution < 1.29 is 14.6 Å². The molecule has 0 saturated heterocycles. The minimum absolute atomic E-state index is 0.376. The van der Waals surface area contributed by atoms with Gasteiger partial charge in [-0.15, -0.1) is 0 Å². The average Bonchev–Trinajstić information content (AvgIpc) is 2.54. The number of aliphatic hydroxyl groups is 1. The van der Waals surface area contributed by atoms with Crippen LogP contribution in [0.2, 0.25) is 0 Å². The van der Waals surface area contributed by atoms with Crippen molar-refractivity contribution in [3.05, 3.63) is 23.8 Å². The summed E-state index contributed by atoms with van der Waals surface area (Å²) < 4.78 is 10.8. The number of unbranched alkanes of at least 4 members (excludes halogenated alkanes) is 2. The Morgan fingerprint density at radius 2 is 1.43 bits per heavy atom. The predicted molar refractivity (Wildman–Crippen MR) is 96.6 cm³/mol. The molecule has 1 N–H and O–H groups in total. The molecule has 1 rings (SSSR count). The third kappa shape index (κ3) is 4.63. The lowest BCUT2D eigenvalue weighted by atomic mass is 9.66. The highest BCUT2D eigenvalue weighted by molar-refractivity contribution is 5.42. The summed E-state index contributed by atoms with van der Waals surface area (Å²) >= 11 is 0. The van der Waals surface area contributed by atoms with E-state index in [1.54, 1.807) is 14.2 Å². The van der Waals surface area contributed by atoms with Gasteiger partial charge < -0.3 is 14.6 Å². The maximum Gasteiger partial charge on any atom is 0.122 e. The van der Waals surface area contributed by atoms with Crippen molar-refractivity contribution >= 4 is 0 Å². The van der Waals surface area contributed by atoms with Crippen LogP contribution in [0.15, 0.2) is 18.2 Å². The SMILES string of the molecule is CCCCCC(O)(CCC)C(C)(C)c1cc(OC)cc(OC)c1. The smallest absolute Gasteiger partial charge is 0.122 e. The number of rotatable bonds is 10. The molecule has 1 aromatic carbocycles. The number of benzene rings is 1. The molecule has 0 aliphatic heterocycles. The number of hydrogen-bond donors (Lipinski definition) is 1. The quantitative estimate of drug-likeness (QED) is 0.610. The van der Waals surface area contributed by atoms with Crippen molar-refractivity contribution in [3.8, 4) is 11.5 Å². The molecular weight excluding hydrogens is 288 g/mol. The molecule has 0 radical (unpaired) electrons. The Labute approximate surface area is 142 Å². The van der Waals surface area contributed by atoms with E-state index in [4.69, 9.17) is 9.47 Å². The summed E-state index contributed by atoms with van der Waals surface area (Å²) in [4.78, 5) is 0. The van der Waals surface area contributed by atoms with Gasteiger partial charge in [0.05, 0.1) is 19.8 Å². The Bertz CT molecular complexity index is 460. The van der Waals surface area contributed by atoms with Crippen molar-refractivity contribution in [2.24, 2.45) is 0 Å². The van der Waals surface area contributed by atoms with Gasteiger partial charge in [-0.2, -0.15) is 0 Å². The van der Waals surface area contributed by atoms with E-state index in [-0.39, 0.29) is 5.41 Å². The summed E-state index contributed by atoms with van der Waals surface area (Å²) in [7, 11) is 3.32. The molecule has 3 nitrogen and oxygen atoms in total. The molecule has 0 bridgehead atoms. The van der Waals surface area contributed by atoms with E-state index in [1.807, 2.05) is 18.2 Å². The molecule has 1 atom stereocenters. The maximum absolute atomic E-state index is 11.5. The molecule has 0 saturated carbocycles. The first-order chi connectivity index (χ1) is 10.8. The summed E-state index contributed by atoms with van der Waals surface area (Å²) in [5, 5.41) is 11.5. The van der Waals surface area contributed by atoms with Gasteiger partial charge in [0.25, 0.3) is 0 Å². The molecular formula is C20H34O3. The lowest BCUT2D eigenvalue weighted by Gasteiger charge is -2.44. The van der Waals surface area contributed by atoms with E-state index < -0.39 is 5.60 Å². The van der Waals surface area contributed by atoms with Crippen molar-refractivity contribution in [2.75, 3.05) is 14.2 Å². The lowest BCUT2D eigenvalue weighted by molar-refractivity contribution is -0.0434. The second kappa shape index (κ2) is 8.58. The van der Waals surface area contributed by atoms with Crippen LogP contribution in [0.3, 0.4) is 0 Å². The molecule has 23 heavy (non-hydrogen) atoms. The van der Waals surface area contributed by atoms with Gasteiger partial charge in [0.15, 0.2) is 0 Å². The van der Waals surface area contributed by atoms with E-state index >= 15 is 0 Å². The van der Waals surface area contributed by atoms with Crippen LogP contribution in [-0.2, 0) is 5.41 Å². The highest BCUT2D eigenvalue weighted by atomic mass is 16.5. The van der Waals surface area contributed by atoms with Gasteiger partial charge in [0, 0.05) is 11.5 Å². The number of ether oxygens (including phenoxy) is 2. The van der Waals surface area contributed by atoms with Crippen LogP contribution in [0.4, 0.5) is 0 Å². The first-order valence-electron chi connectivity index (χ1n) is 8.80. The van der Waals surface area contributed by atoms with Crippen LogP contribution in [0.5, 0.6) is 11.5 Å². The van der Waals surface area contributed by atoms with Crippen molar-refractivity contribution in [2.45, 2.75) is 77.2 Å². The molecule has 1 unspecified atom stereocenters. The topological polar surface area (TPSA) is 38.7 Å². The van der Waals surface area contributed by atoms with Crippen LogP contribution >= 0.6 is 0 Å². The van der Waals surface area contributed by atoms with E-state index in [9.17, 15) is 5.11 Å². The zero-order valence-electron chi connectivity index (χ0n) is 15.7. The molecule has 0 amide bonds. The molecule has 3 heteroatoms. The van der Waals surface area contributed by atoms with Gasteiger partial charge >= 0.3 is 0 Å². The molecule has 132 valence electrons. The Morgan fingerprint density at radius 1 is 0.870 bits per heavy atom. The van der Waals surface area contributed by atoms with E-state index in [0.717, 1.165) is 55.6 Å². The fourth-order valence-corrected chi connectivity index (χ4v) is 3.27. The van der Waals surface area contributed by atoms with Crippen LogP contribution in [-0.4, -0.2) is 24.9 Å². The monoisotopic (exact) mass is 322 g/mol. The third-order valence-corrected chi connectivity index (χ3v) is 5.09. The molecule has 1 aromatic rings. The normalized spacial score (nSPS) is 14.4. The van der Waals surface area contributed by atoms with E-state index in [2.05, 4.69) is 27.7 Å². The maximum atomic E-state index is 11.5. The Hall–Kier alpha value is -1.22. The molecule has 0 fully saturated rings. The van der Waals surface area contributed by atoms with Gasteiger partial charge in [-0.1, -0.05) is 53.4 Å². The minimum atomic E-state index is -0.728. The Balaban J connectivity index is 3.22. The molecule has 0 aromatic heterocycles. The highest BCUT2D eigenvalue weighted by Crippen LogP contribution is 2.43. The highest BCUT2D eigenvalue weighted by Gasteiger charge is 2.43. The fraction of sp³-hybridized carbons (Fsp3) is 0.700. The van der Waals surface area contributed by atoms with Gasteiger partial charge in [-0.05, 0) is 30.5 Å². The van der Waals surface area contributed by atoms with E-state index in [0.29, 0.717) is 0 Å². The summed E-state index contributed by atoms with van der Waals surface area (Å²) in [5.41, 5.74) is -0.0477. The van der Waals surface area contributed by atoms with Crippen LogP contribution in [0, 0.1) is 0 Å². The largest absolute Gasteiger partial charge is 0.497 e. The van der Waals surface area contributed by atoms with Crippen LogP contribution in [0.1, 0.15) is 71.8 Å². The molecule has 0 aliphatic carbocycles. The predicted octanol–water partition coefficient (Wildman–Crippen LogP) is 5.09. The second-order valence-corrected chi connectivity index (χ2v) is 6.97. The summed E-state index contributed by atoms with van der Waals surface area (Å²) in [6.07, 6.45) is 5.95. The first-order valence-corrected chi connectivity index (χ1v) is 8.80. The van der Waals surface area contributed by atoms with Crippen molar-refractivity contribution in [3.63, 3.8) is 0 Å². The number of methoxy groups -OCH3 is 2. The van der Waals surface area contributed by atoms with Gasteiger partial charge in [-0.25, -0.2) is 0 Å². The average molecular weight is 322 g/mol. The Kier molecular flexibility index (Phi) is 7.40. The number of hydrogen-bond acceptors (Lipinski definition) is 3. The van der Waals surface area contributed by atoms with Crippen LogP contribution in [0.25, 0.3) is 0 Å². The standard InChI is InChI=1S/C20H34O3/c1-7-9-10-12-20(21,11-8-2)19(3,4)16-13-17(22-5)15-18(14-16)23-6/h13-15,21H,7-12H2,1-6H3. The van der Waals surface area contributed by atoms with Crippen molar-refractivity contribution in [1.29, 1.82) is 0 Å². The summed E-state index contributed by atoms with van der Waals surface area (Å²) in [6, 6.07) is 5.90. The first kappa shape index (κ1) is 19.8. The second-order valence-electron chi connectivity index (χ2n) is 6.97. The third-order valence-electron chi connectivity index (χ3n) is 5.09. The lowest BCUT2D eigenvalue weighted by Crippen LogP contribution is -2.47. The zero-order valence-corrected chi connectivity index (χ0v) is 15.7. The van der Waals surface area contributed by atoms with Crippen molar-refractivity contribution in [1.82, 2.24) is 0 Å². The minimum Gasteiger partial charge on any atom is -0.497 e. The van der Waals surface area contributed by atoms with Gasteiger partial charge in [-0.3, -0.25) is 0 Å². The summed E-state index contributed by atoms with van der Waals surface area (Å²) in [6.45, 7) is 8.58. The zero-order chi connectivity index (χ0) is 17.5. The van der Waals surface area contributed by atoms with Crippen LogP contribution < -0.4 is 9.47 Å². The van der Waals surface area contributed by atoms with Gasteiger partial charge in [0.1, 0.15) is 11.5 Å². The van der Waals surface area contributed by atoms with Gasteiger partial charge in [0.2, 0.25) is 0 Å². The summed E-state index contributed by atoms with van der Waals surface area (Å²) in [5.74, 6) is 1.53.